The van der Waals surface area contributed by atoms with E-state index in [-0.39, 0.29) is 5.56 Å². The predicted octanol–water partition coefficient (Wildman–Crippen LogP) is 2.34. The van der Waals surface area contributed by atoms with Gasteiger partial charge >= 0.3 is 0 Å². The topological polar surface area (TPSA) is 52.2 Å². The van der Waals surface area contributed by atoms with Crippen molar-refractivity contribution in [2.24, 2.45) is 0 Å². The standard InChI is InChI=1S/C16H12N4O/c1-11-5-4-6-12(9-11)20-15(21)13-7-2-3-8-14(13)19-10-17-18-16(19)20/h2-10H,1H3. The van der Waals surface area contributed by atoms with E-state index in [1.54, 1.807) is 10.9 Å². The minimum absolute atomic E-state index is 0.0864. The number of rotatable bonds is 1. The first kappa shape index (κ1) is 11.8. The van der Waals surface area contributed by atoms with E-state index in [2.05, 4.69) is 10.2 Å². The van der Waals surface area contributed by atoms with Gasteiger partial charge in [-0.25, -0.2) is 4.57 Å². The van der Waals surface area contributed by atoms with Crippen LogP contribution >= 0.6 is 0 Å². The molecule has 4 aromatic rings. The van der Waals surface area contributed by atoms with Gasteiger partial charge in [0.2, 0.25) is 5.78 Å². The molecule has 102 valence electrons. The molecule has 0 aliphatic rings. The monoisotopic (exact) mass is 276 g/mol. The molecule has 0 bridgehead atoms. The molecular weight excluding hydrogens is 264 g/mol. The van der Waals surface area contributed by atoms with Gasteiger partial charge in [-0.05, 0) is 36.8 Å². The van der Waals surface area contributed by atoms with Crippen LogP contribution in [0.1, 0.15) is 5.56 Å². The number of nitrogens with zero attached hydrogens (tertiary/aromatic N) is 4. The van der Waals surface area contributed by atoms with Crippen LogP contribution in [0.4, 0.5) is 0 Å². The molecule has 2 heterocycles. The lowest BCUT2D eigenvalue weighted by atomic mass is 10.2. The summed E-state index contributed by atoms with van der Waals surface area (Å²) in [7, 11) is 0. The van der Waals surface area contributed by atoms with Crippen LogP contribution in [-0.4, -0.2) is 19.2 Å². The minimum atomic E-state index is -0.0864. The van der Waals surface area contributed by atoms with Crippen molar-refractivity contribution < 1.29 is 0 Å². The maximum atomic E-state index is 12.8. The number of aromatic nitrogens is 4. The van der Waals surface area contributed by atoms with E-state index in [4.69, 9.17) is 0 Å². The highest BCUT2D eigenvalue weighted by Gasteiger charge is 2.13. The molecule has 0 unspecified atom stereocenters. The third-order valence-corrected chi connectivity index (χ3v) is 3.59. The van der Waals surface area contributed by atoms with Crippen LogP contribution < -0.4 is 5.56 Å². The summed E-state index contributed by atoms with van der Waals surface area (Å²) in [6.45, 7) is 2.00. The summed E-state index contributed by atoms with van der Waals surface area (Å²) in [5.41, 5.74) is 2.61. The Balaban J connectivity index is 2.24. The molecule has 5 nitrogen and oxygen atoms in total. The molecule has 0 aliphatic heterocycles. The summed E-state index contributed by atoms with van der Waals surface area (Å²) in [5.74, 6) is 0.518. The quantitative estimate of drug-likeness (QED) is 0.536. The molecular formula is C16H12N4O. The van der Waals surface area contributed by atoms with Gasteiger partial charge in [-0.2, -0.15) is 0 Å². The van der Waals surface area contributed by atoms with Crippen molar-refractivity contribution in [1.29, 1.82) is 0 Å². The van der Waals surface area contributed by atoms with E-state index < -0.39 is 0 Å². The first-order valence-corrected chi connectivity index (χ1v) is 6.66. The second-order valence-electron chi connectivity index (χ2n) is 5.00. The Labute approximate surface area is 120 Å². The number of aryl methyl sites for hydroxylation is 1. The molecule has 0 radical (unpaired) electrons. The molecule has 0 N–H and O–H groups in total. The Hall–Kier alpha value is -2.95. The average Bonchev–Trinajstić information content (AvgIpc) is 2.97. The maximum Gasteiger partial charge on any atom is 0.267 e. The van der Waals surface area contributed by atoms with Crippen LogP contribution in [0.3, 0.4) is 0 Å². The first-order valence-electron chi connectivity index (χ1n) is 6.66. The van der Waals surface area contributed by atoms with Gasteiger partial charge in [-0.15, -0.1) is 10.2 Å². The van der Waals surface area contributed by atoms with Gasteiger partial charge < -0.3 is 0 Å². The maximum absolute atomic E-state index is 12.8. The largest absolute Gasteiger partial charge is 0.268 e. The van der Waals surface area contributed by atoms with Gasteiger partial charge in [0.05, 0.1) is 16.6 Å². The number of fused-ring (bicyclic) bond motifs is 3. The van der Waals surface area contributed by atoms with Crippen molar-refractivity contribution in [3.8, 4) is 5.69 Å². The number of benzene rings is 2. The molecule has 0 saturated carbocycles. The Morgan fingerprint density at radius 2 is 1.90 bits per heavy atom. The summed E-state index contributed by atoms with van der Waals surface area (Å²) in [6, 6.07) is 15.3. The Kier molecular flexibility index (Phi) is 2.41. The highest BCUT2D eigenvalue weighted by atomic mass is 16.1. The van der Waals surface area contributed by atoms with Crippen LogP contribution in [0.15, 0.2) is 59.7 Å². The van der Waals surface area contributed by atoms with Gasteiger partial charge in [-0.3, -0.25) is 9.20 Å². The number of hydrogen-bond acceptors (Lipinski definition) is 3. The predicted molar refractivity (Wildman–Crippen MR) is 80.8 cm³/mol. The van der Waals surface area contributed by atoms with E-state index in [1.807, 2.05) is 59.9 Å². The van der Waals surface area contributed by atoms with Gasteiger partial charge in [0.15, 0.2) is 0 Å². The van der Waals surface area contributed by atoms with Crippen LogP contribution in [0.2, 0.25) is 0 Å². The smallest absolute Gasteiger partial charge is 0.267 e. The highest BCUT2D eigenvalue weighted by Crippen LogP contribution is 2.16. The zero-order valence-corrected chi connectivity index (χ0v) is 11.4. The molecule has 0 atom stereocenters. The molecule has 2 aromatic heterocycles. The Morgan fingerprint density at radius 1 is 1.05 bits per heavy atom. The van der Waals surface area contributed by atoms with Crippen LogP contribution in [0, 0.1) is 6.92 Å². The molecule has 0 spiro atoms. The Morgan fingerprint density at radius 3 is 2.76 bits per heavy atom. The average molecular weight is 276 g/mol. The van der Waals surface area contributed by atoms with Crippen molar-refractivity contribution in [2.45, 2.75) is 6.92 Å². The fraction of sp³-hybridized carbons (Fsp3) is 0.0625. The summed E-state index contributed by atoms with van der Waals surface area (Å²) in [5, 5.41) is 8.71. The lowest BCUT2D eigenvalue weighted by molar-refractivity contribution is 0.965. The number of para-hydroxylation sites is 1. The molecule has 0 fully saturated rings. The van der Waals surface area contributed by atoms with E-state index in [9.17, 15) is 4.79 Å². The fourth-order valence-corrected chi connectivity index (χ4v) is 2.63. The second-order valence-corrected chi connectivity index (χ2v) is 5.00. The van der Waals surface area contributed by atoms with E-state index >= 15 is 0 Å². The van der Waals surface area contributed by atoms with Crippen LogP contribution in [-0.2, 0) is 0 Å². The van der Waals surface area contributed by atoms with E-state index in [0.29, 0.717) is 11.2 Å². The molecule has 0 aliphatic carbocycles. The van der Waals surface area contributed by atoms with Gasteiger partial charge in [-0.1, -0.05) is 24.3 Å². The zero-order chi connectivity index (χ0) is 14.4. The minimum Gasteiger partial charge on any atom is -0.268 e. The highest BCUT2D eigenvalue weighted by molar-refractivity contribution is 5.80. The summed E-state index contributed by atoms with van der Waals surface area (Å²) < 4.78 is 3.43. The molecule has 5 heteroatoms. The molecule has 4 rings (SSSR count). The van der Waals surface area contributed by atoms with Gasteiger partial charge in [0.25, 0.3) is 5.56 Å². The zero-order valence-electron chi connectivity index (χ0n) is 11.4. The third-order valence-electron chi connectivity index (χ3n) is 3.59. The third kappa shape index (κ3) is 1.67. The molecule has 0 amide bonds. The van der Waals surface area contributed by atoms with E-state index in [0.717, 1.165) is 16.8 Å². The van der Waals surface area contributed by atoms with Gasteiger partial charge in [0, 0.05) is 0 Å². The number of hydrogen-bond donors (Lipinski definition) is 0. The summed E-state index contributed by atoms with van der Waals surface area (Å²) >= 11 is 0. The van der Waals surface area contributed by atoms with Crippen molar-refractivity contribution >= 4 is 16.7 Å². The summed E-state index contributed by atoms with van der Waals surface area (Å²) in [4.78, 5) is 12.8. The lowest BCUT2D eigenvalue weighted by Gasteiger charge is -2.10. The first-order chi connectivity index (χ1) is 10.3. The van der Waals surface area contributed by atoms with Crippen molar-refractivity contribution in [2.75, 3.05) is 0 Å². The van der Waals surface area contributed by atoms with E-state index in [1.165, 1.54) is 0 Å². The molecule has 2 aromatic carbocycles. The lowest BCUT2D eigenvalue weighted by Crippen LogP contribution is -2.21. The van der Waals surface area contributed by atoms with Crippen LogP contribution in [0.5, 0.6) is 0 Å². The van der Waals surface area contributed by atoms with Gasteiger partial charge in [0.1, 0.15) is 6.33 Å². The van der Waals surface area contributed by atoms with Crippen molar-refractivity contribution in [3.05, 3.63) is 70.8 Å². The fourth-order valence-electron chi connectivity index (χ4n) is 2.63. The molecule has 21 heavy (non-hydrogen) atoms. The normalized spacial score (nSPS) is 11.3. The SMILES string of the molecule is Cc1cccc(-n2c(=O)c3ccccc3n3cnnc23)c1. The van der Waals surface area contributed by atoms with Crippen LogP contribution in [0.25, 0.3) is 22.4 Å². The Bertz CT molecular complexity index is 1030. The molecule has 0 saturated heterocycles. The summed E-state index contributed by atoms with van der Waals surface area (Å²) in [6.07, 6.45) is 1.63. The van der Waals surface area contributed by atoms with Crippen molar-refractivity contribution in [1.82, 2.24) is 19.2 Å². The second kappa shape index (κ2) is 4.28. The van der Waals surface area contributed by atoms with Crippen molar-refractivity contribution in [3.63, 3.8) is 0 Å².